The Morgan fingerprint density at radius 2 is 1.86 bits per heavy atom. The summed E-state index contributed by atoms with van der Waals surface area (Å²) in [5.41, 5.74) is 0.559. The summed E-state index contributed by atoms with van der Waals surface area (Å²) in [6.07, 6.45) is 7.74. The number of nitrogens with zero attached hydrogens (tertiary/aromatic N) is 1. The predicted molar refractivity (Wildman–Crippen MR) is 109 cm³/mol. The number of piperidine rings is 1. The van der Waals surface area contributed by atoms with Gasteiger partial charge in [-0.1, -0.05) is 12.8 Å². The van der Waals surface area contributed by atoms with Crippen molar-refractivity contribution in [1.82, 2.24) is 10.2 Å². The fourth-order valence-corrected chi connectivity index (χ4v) is 4.31. The van der Waals surface area contributed by atoms with E-state index >= 15 is 0 Å². The van der Waals surface area contributed by atoms with Crippen LogP contribution >= 0.6 is 0 Å². The Bertz CT molecular complexity index is 637. The summed E-state index contributed by atoms with van der Waals surface area (Å²) < 4.78 is 16.8. The van der Waals surface area contributed by atoms with Gasteiger partial charge in [0.2, 0.25) is 0 Å². The quantitative estimate of drug-likeness (QED) is 0.738. The first-order valence-electron chi connectivity index (χ1n) is 10.5. The molecule has 2 aliphatic rings. The number of carbonyl (C=O) groups excluding carboxylic acids is 1. The van der Waals surface area contributed by atoms with Crippen molar-refractivity contribution in [2.45, 2.75) is 63.6 Å². The van der Waals surface area contributed by atoms with Crippen LogP contribution in [-0.2, 0) is 4.74 Å². The molecule has 1 atom stereocenters. The number of ether oxygens (including phenoxy) is 3. The molecule has 1 saturated heterocycles. The summed E-state index contributed by atoms with van der Waals surface area (Å²) >= 11 is 0. The maximum Gasteiger partial charge on any atom is 0.251 e. The van der Waals surface area contributed by atoms with Gasteiger partial charge in [0.25, 0.3) is 5.91 Å². The lowest BCUT2D eigenvalue weighted by Crippen LogP contribution is -2.43. The molecule has 6 nitrogen and oxygen atoms in total. The highest BCUT2D eigenvalue weighted by atomic mass is 16.5. The maximum absolute atomic E-state index is 12.4. The minimum atomic E-state index is -0.140. The Balaban J connectivity index is 1.56. The minimum absolute atomic E-state index is 0.0514. The van der Waals surface area contributed by atoms with Gasteiger partial charge in [0.05, 0.1) is 13.7 Å². The molecule has 1 aliphatic heterocycles. The summed E-state index contributed by atoms with van der Waals surface area (Å²) in [4.78, 5) is 15.0. The van der Waals surface area contributed by atoms with Crippen LogP contribution in [0.15, 0.2) is 18.2 Å². The van der Waals surface area contributed by atoms with E-state index in [-0.39, 0.29) is 18.1 Å². The van der Waals surface area contributed by atoms with Gasteiger partial charge in [-0.15, -0.1) is 0 Å². The topological polar surface area (TPSA) is 60.0 Å². The highest BCUT2D eigenvalue weighted by Gasteiger charge is 2.28. The molecule has 1 N–H and O–H groups in total. The average Bonchev–Trinajstić information content (AvgIpc) is 3.23. The fourth-order valence-electron chi connectivity index (χ4n) is 4.31. The molecular weight excluding hydrogens is 356 g/mol. The third-order valence-electron chi connectivity index (χ3n) is 5.83. The van der Waals surface area contributed by atoms with Crippen molar-refractivity contribution in [1.29, 1.82) is 0 Å². The number of hydrogen-bond donors (Lipinski definition) is 1. The molecule has 1 amide bonds. The van der Waals surface area contributed by atoms with Crippen LogP contribution in [0.2, 0.25) is 0 Å². The molecule has 2 fully saturated rings. The molecule has 1 aromatic carbocycles. The van der Waals surface area contributed by atoms with Crippen LogP contribution in [0, 0.1) is 0 Å². The molecule has 6 heteroatoms. The highest BCUT2D eigenvalue weighted by molar-refractivity contribution is 5.95. The van der Waals surface area contributed by atoms with Gasteiger partial charge in [-0.05, 0) is 50.8 Å². The van der Waals surface area contributed by atoms with Crippen LogP contribution in [0.4, 0.5) is 0 Å². The molecule has 1 aliphatic carbocycles. The molecule has 0 spiro atoms. The van der Waals surface area contributed by atoms with E-state index in [0.29, 0.717) is 23.7 Å². The monoisotopic (exact) mass is 390 g/mol. The van der Waals surface area contributed by atoms with Crippen molar-refractivity contribution >= 4 is 5.91 Å². The Labute approximate surface area is 168 Å². The first kappa shape index (κ1) is 20.9. The van der Waals surface area contributed by atoms with Crippen LogP contribution in [0.25, 0.3) is 0 Å². The molecule has 1 heterocycles. The third-order valence-corrected chi connectivity index (χ3v) is 5.83. The number of nitrogens with one attached hydrogen (secondary N) is 1. The minimum Gasteiger partial charge on any atom is -0.493 e. The highest BCUT2D eigenvalue weighted by Crippen LogP contribution is 2.32. The first-order valence-corrected chi connectivity index (χ1v) is 10.5. The first-order chi connectivity index (χ1) is 13.6. The second-order valence-corrected chi connectivity index (χ2v) is 7.99. The summed E-state index contributed by atoms with van der Waals surface area (Å²) in [7, 11) is 3.23. The van der Waals surface area contributed by atoms with E-state index < -0.39 is 0 Å². The molecule has 1 unspecified atom stereocenters. The van der Waals surface area contributed by atoms with Crippen molar-refractivity contribution in [2.75, 3.05) is 33.9 Å². The molecule has 0 bridgehead atoms. The van der Waals surface area contributed by atoms with E-state index in [9.17, 15) is 4.79 Å². The van der Waals surface area contributed by atoms with Gasteiger partial charge in [-0.25, -0.2) is 0 Å². The van der Waals surface area contributed by atoms with Crippen molar-refractivity contribution in [2.24, 2.45) is 0 Å². The Hall–Kier alpha value is -1.79. The van der Waals surface area contributed by atoms with E-state index in [4.69, 9.17) is 14.2 Å². The zero-order valence-electron chi connectivity index (χ0n) is 17.4. The fraction of sp³-hybridized carbons (Fsp3) is 0.682. The molecule has 28 heavy (non-hydrogen) atoms. The number of methoxy groups -OCH3 is 2. The van der Waals surface area contributed by atoms with E-state index in [0.717, 1.165) is 32.0 Å². The standard InChI is InChI=1S/C22H34N2O4/c1-16(15-26-2)23-22(25)17-8-9-20(21(14-17)27-3)28-19-10-12-24(13-11-19)18-6-4-5-7-18/h8-9,14,16,18-19H,4-7,10-13,15H2,1-3H3,(H,23,25). The smallest absolute Gasteiger partial charge is 0.251 e. The van der Waals surface area contributed by atoms with Crippen molar-refractivity contribution in [3.8, 4) is 11.5 Å². The van der Waals surface area contributed by atoms with Crippen LogP contribution in [0.5, 0.6) is 11.5 Å². The van der Waals surface area contributed by atoms with Gasteiger partial charge in [0.1, 0.15) is 6.10 Å². The molecule has 156 valence electrons. The second-order valence-electron chi connectivity index (χ2n) is 7.99. The number of likely N-dealkylation sites (tertiary alicyclic amines) is 1. The van der Waals surface area contributed by atoms with Crippen molar-refractivity contribution in [3.63, 3.8) is 0 Å². The Kier molecular flexibility index (Phi) is 7.57. The van der Waals surface area contributed by atoms with Gasteiger partial charge < -0.3 is 24.4 Å². The maximum atomic E-state index is 12.4. The number of amides is 1. The Morgan fingerprint density at radius 3 is 2.50 bits per heavy atom. The van der Waals surface area contributed by atoms with E-state index in [1.165, 1.54) is 25.7 Å². The lowest BCUT2D eigenvalue weighted by molar-refractivity contribution is 0.0750. The summed E-state index contributed by atoms with van der Waals surface area (Å²) in [5, 5.41) is 2.91. The number of benzene rings is 1. The van der Waals surface area contributed by atoms with Gasteiger partial charge in [0, 0.05) is 37.8 Å². The summed E-state index contributed by atoms with van der Waals surface area (Å²) in [5.74, 6) is 1.17. The predicted octanol–water partition coefficient (Wildman–Crippen LogP) is 3.25. The Morgan fingerprint density at radius 1 is 1.14 bits per heavy atom. The van der Waals surface area contributed by atoms with Crippen LogP contribution in [-0.4, -0.2) is 62.9 Å². The van der Waals surface area contributed by atoms with Crippen molar-refractivity contribution < 1.29 is 19.0 Å². The summed E-state index contributed by atoms with van der Waals surface area (Å²) in [6.45, 7) is 4.60. The molecular formula is C22H34N2O4. The SMILES string of the molecule is COCC(C)NC(=O)c1ccc(OC2CCN(C3CCCC3)CC2)c(OC)c1. The lowest BCUT2D eigenvalue weighted by atomic mass is 10.0. The van der Waals surface area contributed by atoms with Crippen LogP contribution in [0.3, 0.4) is 0 Å². The second kappa shape index (κ2) is 10.1. The van der Waals surface area contributed by atoms with Crippen LogP contribution in [0.1, 0.15) is 55.8 Å². The van der Waals surface area contributed by atoms with E-state index in [2.05, 4.69) is 10.2 Å². The van der Waals surface area contributed by atoms with Crippen molar-refractivity contribution in [3.05, 3.63) is 23.8 Å². The summed E-state index contributed by atoms with van der Waals surface area (Å²) in [6, 6.07) is 6.12. The zero-order valence-corrected chi connectivity index (χ0v) is 17.4. The number of carbonyl (C=O) groups is 1. The molecule has 0 radical (unpaired) electrons. The molecule has 1 saturated carbocycles. The van der Waals surface area contributed by atoms with E-state index in [1.54, 1.807) is 26.4 Å². The molecule has 3 rings (SSSR count). The van der Waals surface area contributed by atoms with Crippen LogP contribution < -0.4 is 14.8 Å². The van der Waals surface area contributed by atoms with Gasteiger partial charge in [-0.2, -0.15) is 0 Å². The third kappa shape index (κ3) is 5.39. The molecule has 1 aromatic rings. The van der Waals surface area contributed by atoms with Gasteiger partial charge in [-0.3, -0.25) is 4.79 Å². The number of rotatable bonds is 8. The van der Waals surface area contributed by atoms with E-state index in [1.807, 2.05) is 13.0 Å². The normalized spacial score (nSPS) is 20.1. The largest absolute Gasteiger partial charge is 0.493 e. The lowest BCUT2D eigenvalue weighted by Gasteiger charge is -2.36. The zero-order chi connectivity index (χ0) is 19.9. The average molecular weight is 391 g/mol. The molecule has 0 aromatic heterocycles. The van der Waals surface area contributed by atoms with Gasteiger partial charge in [0.15, 0.2) is 11.5 Å². The van der Waals surface area contributed by atoms with Gasteiger partial charge >= 0.3 is 0 Å². The number of hydrogen-bond acceptors (Lipinski definition) is 5.